The highest BCUT2D eigenvalue weighted by molar-refractivity contribution is 5.77. The van der Waals surface area contributed by atoms with Gasteiger partial charge in [0.1, 0.15) is 0 Å². The number of hydrogen-bond donors (Lipinski definition) is 1. The topological polar surface area (TPSA) is 37.8 Å². The summed E-state index contributed by atoms with van der Waals surface area (Å²) in [6, 6.07) is 8.13. The van der Waals surface area contributed by atoms with Crippen molar-refractivity contribution < 1.29 is 0 Å². The molecule has 3 rings (SSSR count). The maximum Gasteiger partial charge on any atom is 0.274 e. The lowest BCUT2D eigenvalue weighted by molar-refractivity contribution is 0.325. The number of rotatable bonds is 1. The van der Waals surface area contributed by atoms with Crippen LogP contribution in [0.25, 0.3) is 10.9 Å². The van der Waals surface area contributed by atoms with Crippen molar-refractivity contribution in [1.29, 1.82) is 0 Å². The quantitative estimate of drug-likeness (QED) is 0.782. The van der Waals surface area contributed by atoms with Crippen molar-refractivity contribution in [2.75, 3.05) is 0 Å². The molecule has 3 heteroatoms. The molecule has 0 unspecified atom stereocenters. The van der Waals surface area contributed by atoms with Crippen LogP contribution in [0.15, 0.2) is 29.1 Å². The Morgan fingerprint density at radius 3 is 2.62 bits per heavy atom. The van der Waals surface area contributed by atoms with Crippen LogP contribution in [0.1, 0.15) is 38.1 Å². The van der Waals surface area contributed by atoms with E-state index in [1.54, 1.807) is 0 Å². The molecule has 1 aliphatic carbocycles. The number of fused-ring (bicyclic) bond motifs is 1. The van der Waals surface area contributed by atoms with E-state index < -0.39 is 0 Å². The highest BCUT2D eigenvalue weighted by Crippen LogP contribution is 2.26. The van der Waals surface area contributed by atoms with Crippen LogP contribution in [-0.4, -0.2) is 9.78 Å². The monoisotopic (exact) mass is 216 g/mol. The van der Waals surface area contributed by atoms with Crippen LogP contribution in [0.2, 0.25) is 0 Å². The van der Waals surface area contributed by atoms with Gasteiger partial charge in [0.25, 0.3) is 5.56 Å². The molecule has 84 valence electrons. The lowest BCUT2D eigenvalue weighted by Gasteiger charge is -2.21. The Morgan fingerprint density at radius 1 is 1.12 bits per heavy atom. The minimum atomic E-state index is 0.141. The van der Waals surface area contributed by atoms with E-state index in [1.165, 1.54) is 19.3 Å². The third-order valence-corrected chi connectivity index (χ3v) is 3.56. The summed E-state index contributed by atoms with van der Waals surface area (Å²) in [4.78, 5) is 12.2. The minimum Gasteiger partial charge on any atom is -0.295 e. The summed E-state index contributed by atoms with van der Waals surface area (Å²) in [6.07, 6.45) is 6.06. The Balaban J connectivity index is 2.09. The smallest absolute Gasteiger partial charge is 0.274 e. The van der Waals surface area contributed by atoms with Gasteiger partial charge >= 0.3 is 0 Å². The van der Waals surface area contributed by atoms with Gasteiger partial charge in [-0.3, -0.25) is 9.89 Å². The van der Waals surface area contributed by atoms with Crippen LogP contribution in [0, 0.1) is 0 Å². The molecule has 1 N–H and O–H groups in total. The van der Waals surface area contributed by atoms with Crippen LogP contribution in [0.4, 0.5) is 0 Å². The first kappa shape index (κ1) is 9.70. The molecule has 0 radical (unpaired) electrons. The van der Waals surface area contributed by atoms with E-state index in [4.69, 9.17) is 0 Å². The summed E-state index contributed by atoms with van der Waals surface area (Å²) in [5.74, 6) is 0. The normalized spacial score (nSPS) is 18.0. The Labute approximate surface area is 94.1 Å². The summed E-state index contributed by atoms with van der Waals surface area (Å²) >= 11 is 0. The van der Waals surface area contributed by atoms with E-state index in [1.807, 2.05) is 28.9 Å². The molecule has 3 nitrogen and oxygen atoms in total. The first-order chi connectivity index (χ1) is 7.86. The minimum absolute atomic E-state index is 0.141. The van der Waals surface area contributed by atoms with Crippen molar-refractivity contribution in [3.05, 3.63) is 34.6 Å². The van der Waals surface area contributed by atoms with Crippen LogP contribution >= 0.6 is 0 Å². The predicted octanol–water partition coefficient (Wildman–Crippen LogP) is 2.83. The molecule has 0 bridgehead atoms. The van der Waals surface area contributed by atoms with Crippen molar-refractivity contribution in [3.63, 3.8) is 0 Å². The first-order valence-corrected chi connectivity index (χ1v) is 6.05. The number of nitrogens with zero attached hydrogens (tertiary/aromatic N) is 1. The van der Waals surface area contributed by atoms with E-state index in [2.05, 4.69) is 5.10 Å². The average molecular weight is 216 g/mol. The molecule has 16 heavy (non-hydrogen) atoms. The van der Waals surface area contributed by atoms with Gasteiger partial charge in [-0.2, -0.15) is 0 Å². The van der Waals surface area contributed by atoms with E-state index in [9.17, 15) is 4.79 Å². The second kappa shape index (κ2) is 3.81. The molecule has 1 aliphatic rings. The van der Waals surface area contributed by atoms with Crippen LogP contribution in [0.5, 0.6) is 0 Å². The van der Waals surface area contributed by atoms with Gasteiger partial charge in [0.15, 0.2) is 0 Å². The molecule has 0 atom stereocenters. The zero-order valence-electron chi connectivity index (χ0n) is 9.28. The molecular formula is C13H16N2O. The van der Waals surface area contributed by atoms with Crippen LogP contribution in [-0.2, 0) is 0 Å². The largest absolute Gasteiger partial charge is 0.295 e. The number of H-pyrrole nitrogens is 1. The number of hydrogen-bond acceptors (Lipinski definition) is 1. The van der Waals surface area contributed by atoms with Gasteiger partial charge in [-0.25, -0.2) is 4.68 Å². The van der Waals surface area contributed by atoms with Gasteiger partial charge in [0, 0.05) is 0 Å². The number of benzene rings is 1. The summed E-state index contributed by atoms with van der Waals surface area (Å²) in [5.41, 5.74) is 1.10. The fourth-order valence-corrected chi connectivity index (χ4v) is 2.67. The van der Waals surface area contributed by atoms with Crippen molar-refractivity contribution in [2.45, 2.75) is 38.1 Å². The summed E-state index contributed by atoms with van der Waals surface area (Å²) in [5, 5.41) is 4.05. The maximum atomic E-state index is 12.2. The zero-order valence-corrected chi connectivity index (χ0v) is 9.28. The molecule has 1 fully saturated rings. The standard InChI is InChI=1S/C13H16N2O/c16-13-11-8-4-5-9-12(11)14-15(13)10-6-2-1-3-7-10/h4-5,8-10,14H,1-3,6-7H2. The number of nitrogens with one attached hydrogen (secondary N) is 1. The average Bonchev–Trinajstić information content (AvgIpc) is 2.69. The van der Waals surface area contributed by atoms with Gasteiger partial charge in [0.2, 0.25) is 0 Å². The third kappa shape index (κ3) is 1.47. The molecule has 0 spiro atoms. The van der Waals surface area contributed by atoms with Crippen LogP contribution < -0.4 is 5.56 Å². The second-order valence-electron chi connectivity index (χ2n) is 4.62. The number of aromatic nitrogens is 2. The molecular weight excluding hydrogens is 200 g/mol. The van der Waals surface area contributed by atoms with Crippen molar-refractivity contribution in [3.8, 4) is 0 Å². The molecule has 0 saturated heterocycles. The molecule has 0 aliphatic heterocycles. The lowest BCUT2D eigenvalue weighted by atomic mass is 9.96. The SMILES string of the molecule is O=c1c2ccccc2[nH]n1C1CCCCC1. The summed E-state index contributed by atoms with van der Waals surface area (Å²) in [6.45, 7) is 0. The van der Waals surface area contributed by atoms with Gasteiger partial charge in [0.05, 0.1) is 16.9 Å². The van der Waals surface area contributed by atoms with E-state index >= 15 is 0 Å². The highest BCUT2D eigenvalue weighted by Gasteiger charge is 2.18. The van der Waals surface area contributed by atoms with Crippen molar-refractivity contribution in [1.82, 2.24) is 9.78 Å². The Hall–Kier alpha value is -1.51. The number of para-hydroxylation sites is 1. The van der Waals surface area contributed by atoms with Crippen LogP contribution in [0.3, 0.4) is 0 Å². The molecule has 1 saturated carbocycles. The van der Waals surface area contributed by atoms with E-state index in [0.717, 1.165) is 23.7 Å². The first-order valence-electron chi connectivity index (χ1n) is 6.05. The zero-order chi connectivity index (χ0) is 11.0. The van der Waals surface area contributed by atoms with Gasteiger partial charge < -0.3 is 0 Å². The second-order valence-corrected chi connectivity index (χ2v) is 4.62. The van der Waals surface area contributed by atoms with Gasteiger partial charge in [-0.15, -0.1) is 0 Å². The summed E-state index contributed by atoms with van der Waals surface area (Å²) in [7, 11) is 0. The third-order valence-electron chi connectivity index (χ3n) is 3.56. The number of aromatic amines is 1. The predicted molar refractivity (Wildman–Crippen MR) is 64.7 cm³/mol. The molecule has 2 aromatic rings. The van der Waals surface area contributed by atoms with E-state index in [-0.39, 0.29) is 5.56 Å². The molecule has 1 aromatic carbocycles. The highest BCUT2D eigenvalue weighted by atomic mass is 16.1. The molecule has 1 aromatic heterocycles. The Bertz CT molecular complexity index is 546. The maximum absolute atomic E-state index is 12.2. The lowest BCUT2D eigenvalue weighted by Crippen LogP contribution is -2.24. The fraction of sp³-hybridized carbons (Fsp3) is 0.462. The molecule has 0 amide bonds. The van der Waals surface area contributed by atoms with Gasteiger partial charge in [-0.1, -0.05) is 31.4 Å². The van der Waals surface area contributed by atoms with E-state index in [0.29, 0.717) is 6.04 Å². The molecule has 1 heterocycles. The van der Waals surface area contributed by atoms with Crippen molar-refractivity contribution >= 4 is 10.9 Å². The Morgan fingerprint density at radius 2 is 1.88 bits per heavy atom. The van der Waals surface area contributed by atoms with Gasteiger partial charge in [-0.05, 0) is 25.0 Å². The fourth-order valence-electron chi connectivity index (χ4n) is 2.67. The summed E-state index contributed by atoms with van der Waals surface area (Å²) < 4.78 is 1.84. The van der Waals surface area contributed by atoms with Crippen molar-refractivity contribution in [2.24, 2.45) is 0 Å². The Kier molecular flexibility index (Phi) is 2.31.